The minimum Gasteiger partial charge on any atom is -0.378 e. The van der Waals surface area contributed by atoms with Crippen LogP contribution in [0.25, 0.3) is 0 Å². The first-order chi connectivity index (χ1) is 18.9. The molecule has 0 unspecified atom stereocenters. The van der Waals surface area contributed by atoms with Crippen LogP contribution in [-0.2, 0) is 6.84 Å². The second-order valence-corrected chi connectivity index (χ2v) is 14.3. The molecule has 210 valence electrons. The van der Waals surface area contributed by atoms with Crippen molar-refractivity contribution in [3.63, 3.8) is 0 Å². The van der Waals surface area contributed by atoms with Crippen molar-refractivity contribution >= 4 is 67.9 Å². The highest BCUT2D eigenvalue weighted by Gasteiger charge is 2.53. The molecule has 0 bridgehead atoms. The van der Waals surface area contributed by atoms with Crippen molar-refractivity contribution in [1.29, 1.82) is 0 Å². The standard InChI is InChI=1S/C34H40I2N4/c1-37(2)29-17-9-25(10-18-29)33(35,26-11-19-30(20-12-26)38(3)4)34(36,27-13-21-31(22-14-27)39(5)6)28-15-23-32(24-16-28)40(7)8/h9-24H,1-8H3. The Bertz CT molecular complexity index is 1180. The Labute approximate surface area is 268 Å². The van der Waals surface area contributed by atoms with Crippen molar-refractivity contribution < 1.29 is 0 Å². The van der Waals surface area contributed by atoms with E-state index in [0.717, 1.165) is 0 Å². The molecule has 4 aromatic carbocycles. The Morgan fingerprint density at radius 2 is 0.475 bits per heavy atom. The molecule has 0 aliphatic rings. The van der Waals surface area contributed by atoms with Crippen molar-refractivity contribution in [3.05, 3.63) is 119 Å². The van der Waals surface area contributed by atoms with Gasteiger partial charge >= 0.3 is 0 Å². The monoisotopic (exact) mass is 758 g/mol. The molecule has 4 nitrogen and oxygen atoms in total. The summed E-state index contributed by atoms with van der Waals surface area (Å²) in [5, 5.41) is 0. The van der Waals surface area contributed by atoms with Gasteiger partial charge in [0.15, 0.2) is 0 Å². The van der Waals surface area contributed by atoms with E-state index in [9.17, 15) is 0 Å². The molecule has 4 rings (SSSR count). The summed E-state index contributed by atoms with van der Waals surface area (Å²) in [4.78, 5) is 8.62. The number of benzene rings is 4. The number of hydrogen-bond acceptors (Lipinski definition) is 4. The third-order valence-electron chi connectivity index (χ3n) is 7.60. The summed E-state index contributed by atoms with van der Waals surface area (Å²) in [5.41, 5.74) is 9.81. The SMILES string of the molecule is CN(C)c1ccc(C(I)(c2ccc(N(C)C)cc2)C(I)(c2ccc(N(C)C)cc2)c2ccc(N(C)C)cc2)cc1. The van der Waals surface area contributed by atoms with E-state index < -0.39 is 6.84 Å². The topological polar surface area (TPSA) is 13.0 Å². The maximum absolute atomic E-state index is 2.74. The van der Waals surface area contributed by atoms with Crippen LogP contribution < -0.4 is 19.6 Å². The third-order valence-corrected chi connectivity index (χ3v) is 12.7. The van der Waals surface area contributed by atoms with Gasteiger partial charge in [-0.05, 0) is 70.8 Å². The van der Waals surface area contributed by atoms with Gasteiger partial charge in [0, 0.05) is 79.1 Å². The van der Waals surface area contributed by atoms with Crippen molar-refractivity contribution in [3.8, 4) is 0 Å². The van der Waals surface area contributed by atoms with E-state index in [0.29, 0.717) is 0 Å². The summed E-state index contributed by atoms with van der Waals surface area (Å²) in [5.74, 6) is 0. The molecule has 0 amide bonds. The van der Waals surface area contributed by atoms with Gasteiger partial charge < -0.3 is 19.6 Å². The molecule has 0 heterocycles. The lowest BCUT2D eigenvalue weighted by molar-refractivity contribution is 0.640. The first-order valence-electron chi connectivity index (χ1n) is 13.4. The van der Waals surface area contributed by atoms with Gasteiger partial charge in [-0.3, -0.25) is 0 Å². The molecule has 0 saturated carbocycles. The van der Waals surface area contributed by atoms with Gasteiger partial charge in [-0.25, -0.2) is 0 Å². The molecule has 0 fully saturated rings. The summed E-state index contributed by atoms with van der Waals surface area (Å²) in [7, 11) is 16.7. The molecule has 0 radical (unpaired) electrons. The molecule has 0 N–H and O–H groups in total. The largest absolute Gasteiger partial charge is 0.378 e. The maximum Gasteiger partial charge on any atom is 0.0946 e. The van der Waals surface area contributed by atoms with Gasteiger partial charge in [0.1, 0.15) is 0 Å². The van der Waals surface area contributed by atoms with E-state index in [2.05, 4.69) is 218 Å². The van der Waals surface area contributed by atoms with Crippen LogP contribution in [0.15, 0.2) is 97.1 Å². The second-order valence-electron chi connectivity index (χ2n) is 11.1. The molecule has 4 aromatic rings. The Hall–Kier alpha value is -2.46. The number of hydrogen-bond donors (Lipinski definition) is 0. The maximum atomic E-state index is 2.74. The highest BCUT2D eigenvalue weighted by Crippen LogP contribution is 2.61. The Morgan fingerprint density at radius 3 is 0.600 bits per heavy atom. The third kappa shape index (κ3) is 5.66. The Morgan fingerprint density at radius 1 is 0.325 bits per heavy atom. The van der Waals surface area contributed by atoms with Crippen LogP contribution in [0, 0.1) is 0 Å². The van der Waals surface area contributed by atoms with Crippen LogP contribution in [0.3, 0.4) is 0 Å². The fourth-order valence-corrected chi connectivity index (χ4v) is 7.77. The first kappa shape index (κ1) is 30.5. The summed E-state index contributed by atoms with van der Waals surface area (Å²) in [6.07, 6.45) is 0. The minimum absolute atomic E-state index is 0.430. The van der Waals surface area contributed by atoms with Crippen molar-refractivity contribution in [2.24, 2.45) is 0 Å². The molecule has 0 atom stereocenters. The van der Waals surface area contributed by atoms with Gasteiger partial charge in [0.05, 0.1) is 6.84 Å². The van der Waals surface area contributed by atoms with Gasteiger partial charge in [-0.15, -0.1) is 0 Å². The summed E-state index contributed by atoms with van der Waals surface area (Å²) >= 11 is 5.48. The number of anilines is 4. The van der Waals surface area contributed by atoms with E-state index in [1.54, 1.807) is 0 Å². The smallest absolute Gasteiger partial charge is 0.0946 e. The van der Waals surface area contributed by atoms with Crippen LogP contribution in [0.1, 0.15) is 22.3 Å². The summed E-state index contributed by atoms with van der Waals surface area (Å²) in [6.45, 7) is 0. The van der Waals surface area contributed by atoms with Gasteiger partial charge in [-0.1, -0.05) is 93.7 Å². The Kier molecular flexibility index (Phi) is 9.29. The number of rotatable bonds is 9. The van der Waals surface area contributed by atoms with E-state index in [1.165, 1.54) is 45.0 Å². The molecule has 0 aliphatic carbocycles. The first-order valence-corrected chi connectivity index (χ1v) is 15.5. The molecule has 40 heavy (non-hydrogen) atoms. The van der Waals surface area contributed by atoms with Crippen molar-refractivity contribution in [2.75, 3.05) is 76.0 Å². The molecular formula is C34H40I2N4. The lowest BCUT2D eigenvalue weighted by Gasteiger charge is -2.46. The average molecular weight is 759 g/mol. The van der Waals surface area contributed by atoms with E-state index in [-0.39, 0.29) is 0 Å². The number of halogens is 2. The van der Waals surface area contributed by atoms with Gasteiger partial charge in [0.25, 0.3) is 0 Å². The zero-order valence-electron chi connectivity index (χ0n) is 24.8. The molecule has 0 aromatic heterocycles. The zero-order valence-corrected chi connectivity index (χ0v) is 29.1. The van der Waals surface area contributed by atoms with Crippen LogP contribution in [-0.4, -0.2) is 56.4 Å². The van der Waals surface area contributed by atoms with Crippen molar-refractivity contribution in [1.82, 2.24) is 0 Å². The quantitative estimate of drug-likeness (QED) is 0.127. The number of alkyl halides is 2. The van der Waals surface area contributed by atoms with Gasteiger partial charge in [0.2, 0.25) is 0 Å². The number of nitrogens with zero attached hydrogens (tertiary/aromatic N) is 4. The van der Waals surface area contributed by atoms with Crippen LogP contribution >= 0.6 is 45.2 Å². The summed E-state index contributed by atoms with van der Waals surface area (Å²) < 4.78 is -0.861. The molecule has 0 saturated heterocycles. The lowest BCUT2D eigenvalue weighted by Crippen LogP contribution is -2.42. The molecular weight excluding hydrogens is 718 g/mol. The normalized spacial score (nSPS) is 11.8. The fraction of sp³-hybridized carbons (Fsp3) is 0.294. The Balaban J connectivity index is 2.05. The van der Waals surface area contributed by atoms with Crippen LogP contribution in [0.4, 0.5) is 22.7 Å². The van der Waals surface area contributed by atoms with E-state index >= 15 is 0 Å². The lowest BCUT2D eigenvalue weighted by atomic mass is 9.73. The van der Waals surface area contributed by atoms with Crippen LogP contribution in [0.2, 0.25) is 0 Å². The van der Waals surface area contributed by atoms with Crippen molar-refractivity contribution in [2.45, 2.75) is 6.84 Å². The highest BCUT2D eigenvalue weighted by atomic mass is 127. The minimum atomic E-state index is -0.430. The second kappa shape index (κ2) is 12.2. The summed E-state index contributed by atoms with van der Waals surface area (Å²) in [6, 6.07) is 36.3. The fourth-order valence-electron chi connectivity index (χ4n) is 5.09. The predicted octanol–water partition coefficient (Wildman–Crippen LogP) is 8.01. The zero-order chi connectivity index (χ0) is 29.2. The van der Waals surface area contributed by atoms with E-state index in [4.69, 9.17) is 0 Å². The van der Waals surface area contributed by atoms with Crippen LogP contribution in [0.5, 0.6) is 0 Å². The molecule has 0 spiro atoms. The highest BCUT2D eigenvalue weighted by molar-refractivity contribution is 14.1. The molecule has 0 aliphatic heterocycles. The predicted molar refractivity (Wildman–Crippen MR) is 193 cm³/mol. The molecule has 6 heteroatoms. The van der Waals surface area contributed by atoms with E-state index in [1.807, 2.05) is 0 Å². The van der Waals surface area contributed by atoms with Gasteiger partial charge in [-0.2, -0.15) is 0 Å². The average Bonchev–Trinajstić information content (AvgIpc) is 2.96.